The lowest BCUT2D eigenvalue weighted by Gasteiger charge is -2.30. The quantitative estimate of drug-likeness (QED) is 0.358. The minimum atomic E-state index is -0.00818. The van der Waals surface area contributed by atoms with Crippen LogP contribution in [-0.2, 0) is 16.7 Å². The lowest BCUT2D eigenvalue weighted by atomic mass is 9.92. The molecule has 0 saturated carbocycles. The van der Waals surface area contributed by atoms with Crippen LogP contribution >= 0.6 is 11.6 Å². The summed E-state index contributed by atoms with van der Waals surface area (Å²) < 4.78 is 5.71. The van der Waals surface area contributed by atoms with Gasteiger partial charge in [0.15, 0.2) is 0 Å². The molecular formula is C28H31ClN6O. The average molecular weight is 503 g/mol. The van der Waals surface area contributed by atoms with Gasteiger partial charge in [-0.25, -0.2) is 9.97 Å². The first kappa shape index (κ1) is 24.6. The van der Waals surface area contributed by atoms with Crippen LogP contribution in [0.15, 0.2) is 54.9 Å². The van der Waals surface area contributed by atoms with Crippen LogP contribution in [0.5, 0.6) is 0 Å². The second kappa shape index (κ2) is 10.1. The maximum atomic E-state index is 6.43. The van der Waals surface area contributed by atoms with Crippen LogP contribution in [0, 0.1) is 0 Å². The van der Waals surface area contributed by atoms with E-state index >= 15 is 0 Å². The summed E-state index contributed by atoms with van der Waals surface area (Å²) >= 11 is 6.43. The fraction of sp³-hybridized carbons (Fsp3) is 0.357. The van der Waals surface area contributed by atoms with Gasteiger partial charge in [0.2, 0.25) is 0 Å². The fourth-order valence-corrected chi connectivity index (χ4v) is 4.60. The van der Waals surface area contributed by atoms with Crippen molar-refractivity contribution in [3.63, 3.8) is 0 Å². The normalized spacial score (nSPS) is 16.9. The van der Waals surface area contributed by atoms with Crippen LogP contribution in [0.2, 0.25) is 5.02 Å². The monoisotopic (exact) mass is 502 g/mol. The van der Waals surface area contributed by atoms with Gasteiger partial charge in [-0.3, -0.25) is 14.9 Å². The number of anilines is 2. The third kappa shape index (κ3) is 5.48. The molecule has 4 heterocycles. The zero-order valence-electron chi connectivity index (χ0n) is 21.1. The Kier molecular flexibility index (Phi) is 6.88. The minimum absolute atomic E-state index is 0.00818. The van der Waals surface area contributed by atoms with Gasteiger partial charge in [-0.2, -0.15) is 0 Å². The van der Waals surface area contributed by atoms with Gasteiger partial charge in [0.25, 0.3) is 0 Å². The van der Waals surface area contributed by atoms with Gasteiger partial charge < -0.3 is 10.1 Å². The topological polar surface area (TPSA) is 76.1 Å². The molecule has 0 amide bonds. The maximum Gasteiger partial charge on any atom is 0.145 e. The highest BCUT2D eigenvalue weighted by atomic mass is 35.5. The summed E-state index contributed by atoms with van der Waals surface area (Å²) in [6.45, 7) is 11.6. The van der Waals surface area contributed by atoms with Crippen molar-refractivity contribution < 1.29 is 4.74 Å². The molecule has 1 aromatic carbocycles. The van der Waals surface area contributed by atoms with Crippen molar-refractivity contribution >= 4 is 34.0 Å². The third-order valence-corrected chi connectivity index (χ3v) is 6.56. The second-order valence-electron chi connectivity index (χ2n) is 10.3. The van der Waals surface area contributed by atoms with Crippen LogP contribution in [0.25, 0.3) is 22.2 Å². The summed E-state index contributed by atoms with van der Waals surface area (Å²) in [6, 6.07) is 13.8. The highest BCUT2D eigenvalue weighted by Crippen LogP contribution is 2.31. The van der Waals surface area contributed by atoms with E-state index in [1.54, 1.807) is 6.20 Å². The molecule has 0 aliphatic carbocycles. The molecule has 0 radical (unpaired) electrons. The predicted octanol–water partition coefficient (Wildman–Crippen LogP) is 6.00. The first-order chi connectivity index (χ1) is 17.3. The predicted molar refractivity (Wildman–Crippen MR) is 145 cm³/mol. The van der Waals surface area contributed by atoms with E-state index in [4.69, 9.17) is 26.3 Å². The summed E-state index contributed by atoms with van der Waals surface area (Å²) in [5.41, 5.74) is 4.40. The Bertz CT molecular complexity index is 1370. The van der Waals surface area contributed by atoms with Gasteiger partial charge in [0.05, 0.1) is 47.4 Å². The van der Waals surface area contributed by atoms with Crippen LogP contribution in [0.4, 0.5) is 11.5 Å². The van der Waals surface area contributed by atoms with Gasteiger partial charge in [0, 0.05) is 41.3 Å². The SMILES string of the molecule is C[C@H]1CN(Cc2nc(Nc3ccc(C(C)(C)C)nc3)c3ccc(-c4ncccc4Cl)cc3n2)CCO1. The number of aromatic nitrogens is 4. The zero-order chi connectivity index (χ0) is 25.3. The molecule has 1 saturated heterocycles. The largest absolute Gasteiger partial charge is 0.376 e. The highest BCUT2D eigenvalue weighted by molar-refractivity contribution is 6.33. The molecule has 1 fully saturated rings. The number of halogens is 1. The first-order valence-corrected chi connectivity index (χ1v) is 12.6. The van der Waals surface area contributed by atoms with E-state index in [0.29, 0.717) is 18.2 Å². The van der Waals surface area contributed by atoms with Gasteiger partial charge in [-0.05, 0) is 43.3 Å². The molecule has 5 rings (SSSR count). The summed E-state index contributed by atoms with van der Waals surface area (Å²) in [5, 5.41) is 5.01. The van der Waals surface area contributed by atoms with E-state index in [2.05, 4.69) is 53.9 Å². The third-order valence-electron chi connectivity index (χ3n) is 6.26. The van der Waals surface area contributed by atoms with E-state index in [0.717, 1.165) is 58.3 Å². The van der Waals surface area contributed by atoms with E-state index in [1.165, 1.54) is 0 Å². The van der Waals surface area contributed by atoms with Gasteiger partial charge in [-0.1, -0.05) is 38.4 Å². The lowest BCUT2D eigenvalue weighted by Crippen LogP contribution is -2.40. The molecular weight excluding hydrogens is 472 g/mol. The molecule has 0 unspecified atom stereocenters. The fourth-order valence-electron chi connectivity index (χ4n) is 4.37. The van der Waals surface area contributed by atoms with E-state index in [1.807, 2.05) is 42.6 Å². The van der Waals surface area contributed by atoms with E-state index in [-0.39, 0.29) is 11.5 Å². The number of hydrogen-bond donors (Lipinski definition) is 1. The Morgan fingerprint density at radius 1 is 1.11 bits per heavy atom. The number of ether oxygens (including phenoxy) is 1. The summed E-state index contributed by atoms with van der Waals surface area (Å²) in [7, 11) is 0. The molecule has 3 aromatic heterocycles. The van der Waals surface area contributed by atoms with Crippen molar-refractivity contribution in [1.29, 1.82) is 0 Å². The Hall–Kier alpha value is -3.13. The van der Waals surface area contributed by atoms with Crippen LogP contribution < -0.4 is 5.32 Å². The first-order valence-electron chi connectivity index (χ1n) is 12.3. The molecule has 7 nitrogen and oxygen atoms in total. The summed E-state index contributed by atoms with van der Waals surface area (Å²) in [6.07, 6.45) is 3.81. The van der Waals surface area contributed by atoms with Crippen molar-refractivity contribution in [2.75, 3.05) is 25.0 Å². The molecule has 1 aliphatic rings. The summed E-state index contributed by atoms with van der Waals surface area (Å²) in [4.78, 5) is 21.3. The lowest BCUT2D eigenvalue weighted by molar-refractivity contribution is -0.0219. The highest BCUT2D eigenvalue weighted by Gasteiger charge is 2.20. The molecule has 186 valence electrons. The minimum Gasteiger partial charge on any atom is -0.376 e. The van der Waals surface area contributed by atoms with Crippen molar-refractivity contribution in [3.8, 4) is 11.3 Å². The number of pyridine rings is 2. The van der Waals surface area contributed by atoms with E-state index < -0.39 is 0 Å². The summed E-state index contributed by atoms with van der Waals surface area (Å²) in [5.74, 6) is 1.50. The Morgan fingerprint density at radius 2 is 1.97 bits per heavy atom. The van der Waals surface area contributed by atoms with Gasteiger partial charge in [-0.15, -0.1) is 0 Å². The van der Waals surface area contributed by atoms with Gasteiger partial charge >= 0.3 is 0 Å². The Labute approximate surface area is 216 Å². The van der Waals surface area contributed by atoms with E-state index in [9.17, 15) is 0 Å². The molecule has 8 heteroatoms. The molecule has 1 N–H and O–H groups in total. The second-order valence-corrected chi connectivity index (χ2v) is 10.7. The number of benzene rings is 1. The van der Waals surface area contributed by atoms with Crippen molar-refractivity contribution in [3.05, 3.63) is 71.4 Å². The average Bonchev–Trinajstić information content (AvgIpc) is 2.84. The van der Waals surface area contributed by atoms with Crippen LogP contribution in [-0.4, -0.2) is 50.6 Å². The molecule has 0 bridgehead atoms. The number of morpholine rings is 1. The molecule has 1 aliphatic heterocycles. The number of fused-ring (bicyclic) bond motifs is 1. The molecule has 1 atom stereocenters. The van der Waals surface area contributed by atoms with Gasteiger partial charge in [0.1, 0.15) is 11.6 Å². The maximum absolute atomic E-state index is 6.43. The van der Waals surface area contributed by atoms with Crippen LogP contribution in [0.1, 0.15) is 39.2 Å². The Morgan fingerprint density at radius 3 is 2.69 bits per heavy atom. The van der Waals surface area contributed by atoms with Crippen molar-refractivity contribution in [2.45, 2.75) is 45.8 Å². The standard InChI is InChI=1S/C28H31ClN6O/c1-18-16-35(12-13-36-18)17-25-33-23-14-19(26-22(29)6-5-11-30-26)7-9-21(23)27(34-25)32-20-8-10-24(31-15-20)28(2,3)4/h5-11,14-15,18H,12-13,16-17H2,1-4H3,(H,32,33,34)/t18-/m0/s1. The van der Waals surface area contributed by atoms with Crippen molar-refractivity contribution in [2.24, 2.45) is 0 Å². The zero-order valence-corrected chi connectivity index (χ0v) is 21.9. The number of rotatable bonds is 5. The number of nitrogens with zero attached hydrogens (tertiary/aromatic N) is 5. The van der Waals surface area contributed by atoms with Crippen LogP contribution in [0.3, 0.4) is 0 Å². The molecule has 0 spiro atoms. The van der Waals surface area contributed by atoms with Crippen molar-refractivity contribution in [1.82, 2.24) is 24.8 Å². The number of hydrogen-bond acceptors (Lipinski definition) is 7. The smallest absolute Gasteiger partial charge is 0.145 e. The molecule has 36 heavy (non-hydrogen) atoms. The molecule has 4 aromatic rings. The Balaban J connectivity index is 1.54. The number of nitrogens with one attached hydrogen (secondary N) is 1.